The largest absolute Gasteiger partial charge is 0.462 e. The number of hydrogen-bond acceptors (Lipinski definition) is 6. The number of piperidine rings is 1. The van der Waals surface area contributed by atoms with E-state index in [1.54, 1.807) is 40.8 Å². The zero-order valence-corrected chi connectivity index (χ0v) is 22.5. The molecule has 0 radical (unpaired) electrons. The van der Waals surface area contributed by atoms with E-state index in [4.69, 9.17) is 21.1 Å². The van der Waals surface area contributed by atoms with Crippen molar-refractivity contribution >= 4 is 23.7 Å². The third kappa shape index (κ3) is 5.82. The average Bonchev–Trinajstić information content (AvgIpc) is 3.56. The van der Waals surface area contributed by atoms with Gasteiger partial charge in [-0.15, -0.1) is 0 Å². The van der Waals surface area contributed by atoms with Crippen molar-refractivity contribution in [1.82, 2.24) is 19.6 Å². The molecule has 2 amide bonds. The topological polar surface area (TPSA) is 98.3 Å². The highest BCUT2D eigenvalue weighted by atomic mass is 16.6. The van der Waals surface area contributed by atoms with E-state index in [0.717, 1.165) is 25.9 Å². The number of aromatic nitrogens is 2. The molecule has 2 aliphatic heterocycles. The van der Waals surface area contributed by atoms with Crippen molar-refractivity contribution < 1.29 is 23.9 Å². The van der Waals surface area contributed by atoms with E-state index < -0.39 is 17.7 Å². The number of likely N-dealkylation sites (tertiary alicyclic amines) is 2. The van der Waals surface area contributed by atoms with Gasteiger partial charge in [0.05, 0.1) is 24.9 Å². The second-order valence-corrected chi connectivity index (χ2v) is 10.6. The number of esters is 1. The highest BCUT2D eigenvalue weighted by molar-refractivity contribution is 5.99. The minimum atomic E-state index is -0.632. The molecule has 0 bridgehead atoms. The number of ether oxygens (including phenoxy) is 2. The molecule has 0 N–H and O–H groups in total. The van der Waals surface area contributed by atoms with Gasteiger partial charge in [0.2, 0.25) is 5.69 Å². The van der Waals surface area contributed by atoms with Crippen LogP contribution in [0.5, 0.6) is 0 Å². The van der Waals surface area contributed by atoms with Gasteiger partial charge in [-0.1, -0.05) is 12.1 Å². The van der Waals surface area contributed by atoms with Crippen molar-refractivity contribution in [2.45, 2.75) is 65.0 Å². The molecule has 0 unspecified atom stereocenters. The third-order valence-corrected chi connectivity index (χ3v) is 6.66. The summed E-state index contributed by atoms with van der Waals surface area (Å²) in [5.41, 5.74) is 1.08. The van der Waals surface area contributed by atoms with Crippen LogP contribution in [0.3, 0.4) is 0 Å². The molecule has 202 valence electrons. The highest BCUT2D eigenvalue weighted by Crippen LogP contribution is 2.37. The van der Waals surface area contributed by atoms with E-state index >= 15 is 0 Å². The first-order chi connectivity index (χ1) is 18.1. The Bertz CT molecular complexity index is 1230. The van der Waals surface area contributed by atoms with Gasteiger partial charge in [0, 0.05) is 31.7 Å². The van der Waals surface area contributed by atoms with Gasteiger partial charge in [-0.05, 0) is 71.1 Å². The van der Waals surface area contributed by atoms with Crippen LogP contribution >= 0.6 is 0 Å². The standard InChI is InChI=1S/C28H35N5O5/c1-6-37-26(35)24-23(29-5)22(19-11-13-20(14-12-19)25(34)31-15-7-8-16-31)30-33(24)21-10-9-17-32(18-21)27(36)38-28(2,3)4/h11-14,21H,6-10,15-18H2,1-4H3/t21-/m1/s1. The number of carbonyl (C=O) groups is 3. The Labute approximate surface area is 223 Å². The Morgan fingerprint density at radius 2 is 1.71 bits per heavy atom. The van der Waals surface area contributed by atoms with Crippen LogP contribution in [0.15, 0.2) is 24.3 Å². The normalized spacial score (nSPS) is 17.7. The number of carbonyl (C=O) groups excluding carboxylic acids is 3. The highest BCUT2D eigenvalue weighted by Gasteiger charge is 2.34. The predicted molar refractivity (Wildman–Crippen MR) is 141 cm³/mol. The third-order valence-electron chi connectivity index (χ3n) is 6.66. The molecule has 0 spiro atoms. The van der Waals surface area contributed by atoms with Crippen LogP contribution in [0.25, 0.3) is 16.1 Å². The maximum Gasteiger partial charge on any atom is 0.410 e. The van der Waals surface area contributed by atoms with Crippen molar-refractivity contribution in [3.8, 4) is 11.3 Å². The predicted octanol–water partition coefficient (Wildman–Crippen LogP) is 5.09. The van der Waals surface area contributed by atoms with Gasteiger partial charge in [-0.2, -0.15) is 5.10 Å². The lowest BCUT2D eigenvalue weighted by Gasteiger charge is -2.34. The van der Waals surface area contributed by atoms with Gasteiger partial charge in [0.15, 0.2) is 5.69 Å². The van der Waals surface area contributed by atoms with Gasteiger partial charge >= 0.3 is 12.1 Å². The van der Waals surface area contributed by atoms with Crippen molar-refractivity contribution in [1.29, 1.82) is 0 Å². The second-order valence-electron chi connectivity index (χ2n) is 10.6. The van der Waals surface area contributed by atoms with Crippen molar-refractivity contribution in [3.63, 3.8) is 0 Å². The number of nitrogens with zero attached hydrogens (tertiary/aromatic N) is 5. The summed E-state index contributed by atoms with van der Waals surface area (Å²) in [7, 11) is 0. The Morgan fingerprint density at radius 1 is 1.05 bits per heavy atom. The molecular weight excluding hydrogens is 486 g/mol. The van der Waals surface area contributed by atoms with Crippen LogP contribution in [-0.4, -0.2) is 75.9 Å². The minimum absolute atomic E-state index is 0.0124. The van der Waals surface area contributed by atoms with E-state index in [2.05, 4.69) is 4.85 Å². The van der Waals surface area contributed by atoms with Gasteiger partial charge in [0.25, 0.3) is 5.91 Å². The number of hydrogen-bond donors (Lipinski definition) is 0. The minimum Gasteiger partial charge on any atom is -0.462 e. The fourth-order valence-electron chi connectivity index (χ4n) is 4.90. The molecule has 1 aromatic heterocycles. The molecule has 1 atom stereocenters. The molecule has 0 aliphatic carbocycles. The molecule has 38 heavy (non-hydrogen) atoms. The zero-order valence-electron chi connectivity index (χ0n) is 22.5. The SMILES string of the molecule is [C-]#[N+]c1c(-c2ccc(C(=O)N3CCCC3)cc2)nn([C@@H]2CCCN(C(=O)OC(C)(C)C)C2)c1C(=O)OCC. The molecule has 10 nitrogen and oxygen atoms in total. The van der Waals surface area contributed by atoms with Crippen LogP contribution in [0.2, 0.25) is 0 Å². The lowest BCUT2D eigenvalue weighted by atomic mass is 10.1. The molecule has 10 heteroatoms. The fraction of sp³-hybridized carbons (Fsp3) is 0.536. The molecule has 2 aromatic rings. The van der Waals surface area contributed by atoms with E-state index in [1.807, 2.05) is 25.7 Å². The summed E-state index contributed by atoms with van der Waals surface area (Å²) in [5.74, 6) is -0.644. The summed E-state index contributed by atoms with van der Waals surface area (Å²) in [5, 5.41) is 4.73. The quantitative estimate of drug-likeness (QED) is 0.402. The Hall–Kier alpha value is -3.87. The lowest BCUT2D eigenvalue weighted by molar-refractivity contribution is 0.0165. The van der Waals surface area contributed by atoms with E-state index in [0.29, 0.717) is 42.8 Å². The Morgan fingerprint density at radius 3 is 2.32 bits per heavy atom. The van der Waals surface area contributed by atoms with E-state index in [9.17, 15) is 14.4 Å². The first kappa shape index (κ1) is 27.2. The number of rotatable bonds is 5. The maximum atomic E-state index is 13.0. The van der Waals surface area contributed by atoms with Gasteiger partial charge < -0.3 is 19.3 Å². The van der Waals surface area contributed by atoms with Crippen molar-refractivity contribution in [3.05, 3.63) is 46.9 Å². The van der Waals surface area contributed by atoms with Crippen LogP contribution in [-0.2, 0) is 9.47 Å². The molecular formula is C28H35N5O5. The molecule has 2 saturated heterocycles. The van der Waals surface area contributed by atoms with Crippen molar-refractivity contribution in [2.75, 3.05) is 32.8 Å². The summed E-state index contributed by atoms with van der Waals surface area (Å²) >= 11 is 0. The van der Waals surface area contributed by atoms with Crippen LogP contribution in [0.4, 0.5) is 10.5 Å². The van der Waals surface area contributed by atoms with Crippen molar-refractivity contribution in [2.24, 2.45) is 0 Å². The first-order valence-electron chi connectivity index (χ1n) is 13.2. The van der Waals surface area contributed by atoms with E-state index in [1.165, 1.54) is 0 Å². The van der Waals surface area contributed by atoms with Crippen LogP contribution < -0.4 is 0 Å². The molecule has 1 aromatic carbocycles. The maximum absolute atomic E-state index is 13.0. The zero-order chi connectivity index (χ0) is 27.4. The average molecular weight is 522 g/mol. The molecule has 2 fully saturated rings. The molecule has 4 rings (SSSR count). The summed E-state index contributed by atoms with van der Waals surface area (Å²) in [4.78, 5) is 45.7. The van der Waals surface area contributed by atoms with Crippen LogP contribution in [0, 0.1) is 6.57 Å². The Kier molecular flexibility index (Phi) is 8.05. The summed E-state index contributed by atoms with van der Waals surface area (Å²) in [6.45, 7) is 17.5. The van der Waals surface area contributed by atoms with Crippen LogP contribution in [0.1, 0.15) is 80.3 Å². The molecule has 3 heterocycles. The molecule has 2 aliphatic rings. The smallest absolute Gasteiger partial charge is 0.410 e. The lowest BCUT2D eigenvalue weighted by Crippen LogP contribution is -2.44. The summed E-state index contributed by atoms with van der Waals surface area (Å²) in [6.07, 6.45) is 2.98. The number of benzene rings is 1. The Balaban J connectivity index is 1.68. The summed E-state index contributed by atoms with van der Waals surface area (Å²) < 4.78 is 12.4. The van der Waals surface area contributed by atoms with E-state index in [-0.39, 0.29) is 29.9 Å². The first-order valence-corrected chi connectivity index (χ1v) is 13.2. The monoisotopic (exact) mass is 521 g/mol. The summed E-state index contributed by atoms with van der Waals surface area (Å²) in [6, 6.07) is 6.65. The number of amides is 2. The fourth-order valence-corrected chi connectivity index (χ4v) is 4.90. The van der Waals surface area contributed by atoms with Gasteiger partial charge in [-0.3, -0.25) is 9.48 Å². The second kappa shape index (κ2) is 11.3. The molecule has 0 saturated carbocycles. The van der Waals surface area contributed by atoms with Gasteiger partial charge in [-0.25, -0.2) is 14.4 Å². The van der Waals surface area contributed by atoms with Gasteiger partial charge in [0.1, 0.15) is 5.60 Å².